The van der Waals surface area contributed by atoms with Crippen LogP contribution in [0.15, 0.2) is 15.7 Å². The van der Waals surface area contributed by atoms with Crippen LogP contribution in [0.3, 0.4) is 0 Å². The molecule has 1 aromatic heterocycles. The van der Waals surface area contributed by atoms with E-state index in [0.717, 1.165) is 42.5 Å². The van der Waals surface area contributed by atoms with Crippen LogP contribution in [0.5, 0.6) is 0 Å². The van der Waals surface area contributed by atoms with Gasteiger partial charge in [-0.2, -0.15) is 0 Å². The molecule has 1 atom stereocenters. The number of aromatic nitrogens is 2. The van der Waals surface area contributed by atoms with E-state index in [4.69, 9.17) is 0 Å². The van der Waals surface area contributed by atoms with E-state index in [2.05, 4.69) is 14.9 Å². The van der Waals surface area contributed by atoms with E-state index in [0.29, 0.717) is 17.6 Å². The number of ketones is 1. The summed E-state index contributed by atoms with van der Waals surface area (Å²) in [7, 11) is 0. The largest absolute Gasteiger partial charge is 0.316 e. The molecule has 1 aromatic carbocycles. The van der Waals surface area contributed by atoms with Crippen LogP contribution in [0.25, 0.3) is 11.0 Å². The Labute approximate surface area is 139 Å². The fraction of sp³-hybridized carbons (Fsp3) is 0.500. The zero-order valence-electron chi connectivity index (χ0n) is 14.4. The molecular formula is C18H23N3O3. The summed E-state index contributed by atoms with van der Waals surface area (Å²) < 4.78 is 0. The molecule has 1 saturated heterocycles. The molecule has 2 heterocycles. The van der Waals surface area contributed by atoms with Crippen LogP contribution in [0.1, 0.15) is 48.9 Å². The Hall–Kier alpha value is -2.21. The van der Waals surface area contributed by atoms with E-state index >= 15 is 0 Å². The SMILES string of the molecule is CC(=O)CN1CCCCC1c1c(C)c(C)cc2[nH]c(=O)c(=O)[nH]c12. The average molecular weight is 329 g/mol. The van der Waals surface area contributed by atoms with Crippen molar-refractivity contribution in [3.05, 3.63) is 43.5 Å². The summed E-state index contributed by atoms with van der Waals surface area (Å²) in [5.74, 6) is 0.137. The Morgan fingerprint density at radius 3 is 2.62 bits per heavy atom. The summed E-state index contributed by atoms with van der Waals surface area (Å²) in [4.78, 5) is 42.8. The fourth-order valence-corrected chi connectivity index (χ4v) is 3.73. The number of H-pyrrole nitrogens is 2. The van der Waals surface area contributed by atoms with Crippen molar-refractivity contribution in [2.24, 2.45) is 0 Å². The van der Waals surface area contributed by atoms with Gasteiger partial charge in [-0.3, -0.25) is 19.3 Å². The maximum absolute atomic E-state index is 11.9. The number of nitrogens with zero attached hydrogens (tertiary/aromatic N) is 1. The van der Waals surface area contributed by atoms with Crippen LogP contribution >= 0.6 is 0 Å². The molecule has 1 fully saturated rings. The number of likely N-dealkylation sites (tertiary alicyclic amines) is 1. The number of fused-ring (bicyclic) bond motifs is 1. The number of nitrogens with one attached hydrogen (secondary N) is 2. The molecule has 0 radical (unpaired) electrons. The van der Waals surface area contributed by atoms with Crippen LogP contribution < -0.4 is 11.1 Å². The molecule has 3 rings (SSSR count). The maximum atomic E-state index is 11.9. The maximum Gasteiger partial charge on any atom is 0.314 e. The second kappa shape index (κ2) is 6.36. The van der Waals surface area contributed by atoms with Crippen LogP contribution in [-0.4, -0.2) is 33.7 Å². The van der Waals surface area contributed by atoms with Gasteiger partial charge in [-0.15, -0.1) is 0 Å². The predicted molar refractivity (Wildman–Crippen MR) is 93.5 cm³/mol. The number of carbonyl (C=O) groups is 1. The van der Waals surface area contributed by atoms with Crippen LogP contribution in [0.2, 0.25) is 0 Å². The molecule has 1 aliphatic rings. The molecule has 0 saturated carbocycles. The van der Waals surface area contributed by atoms with E-state index in [1.54, 1.807) is 6.92 Å². The average Bonchev–Trinajstić information content (AvgIpc) is 2.51. The Morgan fingerprint density at radius 1 is 1.21 bits per heavy atom. The number of rotatable bonds is 3. The summed E-state index contributed by atoms with van der Waals surface area (Å²) in [6.45, 7) is 6.92. The van der Waals surface area contributed by atoms with Gasteiger partial charge < -0.3 is 9.97 Å². The zero-order valence-corrected chi connectivity index (χ0v) is 14.4. The molecule has 0 amide bonds. The van der Waals surface area contributed by atoms with Crippen molar-refractivity contribution in [3.63, 3.8) is 0 Å². The Bertz CT molecular complexity index is 910. The van der Waals surface area contributed by atoms with Crippen molar-refractivity contribution in [2.45, 2.75) is 46.1 Å². The monoisotopic (exact) mass is 329 g/mol. The smallest absolute Gasteiger partial charge is 0.314 e. The third kappa shape index (κ3) is 2.94. The lowest BCUT2D eigenvalue weighted by molar-refractivity contribution is -0.119. The lowest BCUT2D eigenvalue weighted by Crippen LogP contribution is -2.38. The highest BCUT2D eigenvalue weighted by molar-refractivity contribution is 5.81. The Kier molecular flexibility index (Phi) is 4.41. The Morgan fingerprint density at radius 2 is 1.92 bits per heavy atom. The summed E-state index contributed by atoms with van der Waals surface area (Å²) in [6.07, 6.45) is 3.09. The second-order valence-corrected chi connectivity index (χ2v) is 6.75. The first-order valence-electron chi connectivity index (χ1n) is 8.38. The van der Waals surface area contributed by atoms with E-state index in [1.807, 2.05) is 19.9 Å². The first-order valence-corrected chi connectivity index (χ1v) is 8.38. The summed E-state index contributed by atoms with van der Waals surface area (Å²) in [6, 6.07) is 1.97. The van der Waals surface area contributed by atoms with Gasteiger partial charge >= 0.3 is 11.1 Å². The van der Waals surface area contributed by atoms with Gasteiger partial charge in [-0.1, -0.05) is 6.42 Å². The highest BCUT2D eigenvalue weighted by Crippen LogP contribution is 2.36. The number of aryl methyl sites for hydroxylation is 1. The van der Waals surface area contributed by atoms with E-state index in [1.165, 1.54) is 0 Å². The molecule has 0 aliphatic carbocycles. The number of Topliss-reactive ketones (excluding diaryl/α,β-unsaturated/α-hetero) is 1. The van der Waals surface area contributed by atoms with Gasteiger partial charge in [0.2, 0.25) is 0 Å². The number of hydrogen-bond acceptors (Lipinski definition) is 4. The van der Waals surface area contributed by atoms with Gasteiger partial charge in [-0.25, -0.2) is 0 Å². The molecule has 0 bridgehead atoms. The molecule has 6 nitrogen and oxygen atoms in total. The van der Waals surface area contributed by atoms with Crippen molar-refractivity contribution in [1.82, 2.24) is 14.9 Å². The predicted octanol–water partition coefficient (Wildman–Crippen LogP) is 1.95. The summed E-state index contributed by atoms with van der Waals surface area (Å²) in [5, 5.41) is 0. The van der Waals surface area contributed by atoms with Gasteiger partial charge in [-0.05, 0) is 62.9 Å². The fourth-order valence-electron chi connectivity index (χ4n) is 3.73. The third-order valence-electron chi connectivity index (χ3n) is 4.96. The molecule has 2 N–H and O–H groups in total. The van der Waals surface area contributed by atoms with Crippen LogP contribution in [0, 0.1) is 13.8 Å². The highest BCUT2D eigenvalue weighted by Gasteiger charge is 2.28. The minimum Gasteiger partial charge on any atom is -0.316 e. The van der Waals surface area contributed by atoms with Gasteiger partial charge in [0.1, 0.15) is 5.78 Å². The minimum atomic E-state index is -0.638. The summed E-state index contributed by atoms with van der Waals surface area (Å²) >= 11 is 0. The molecule has 2 aromatic rings. The van der Waals surface area contributed by atoms with E-state index < -0.39 is 11.1 Å². The van der Waals surface area contributed by atoms with Gasteiger partial charge in [0.25, 0.3) is 0 Å². The summed E-state index contributed by atoms with van der Waals surface area (Å²) in [5.41, 5.74) is 3.24. The second-order valence-electron chi connectivity index (χ2n) is 6.75. The van der Waals surface area contributed by atoms with E-state index in [9.17, 15) is 14.4 Å². The van der Waals surface area contributed by atoms with Crippen molar-refractivity contribution < 1.29 is 4.79 Å². The number of hydrogen-bond donors (Lipinski definition) is 2. The van der Waals surface area contributed by atoms with Gasteiger partial charge in [0.15, 0.2) is 0 Å². The minimum absolute atomic E-state index is 0.0756. The lowest BCUT2D eigenvalue weighted by Gasteiger charge is -2.36. The van der Waals surface area contributed by atoms with Crippen molar-refractivity contribution >= 4 is 16.8 Å². The van der Waals surface area contributed by atoms with Gasteiger partial charge in [0, 0.05) is 6.04 Å². The molecule has 128 valence electrons. The van der Waals surface area contributed by atoms with E-state index in [-0.39, 0.29) is 11.8 Å². The first kappa shape index (κ1) is 16.6. The number of aromatic amines is 2. The molecule has 1 aliphatic heterocycles. The highest BCUT2D eigenvalue weighted by atomic mass is 16.2. The molecule has 24 heavy (non-hydrogen) atoms. The topological polar surface area (TPSA) is 86.0 Å². The van der Waals surface area contributed by atoms with Crippen molar-refractivity contribution in [3.8, 4) is 0 Å². The standard InChI is InChI=1S/C18H23N3O3/c1-10-8-13-16(20-18(24)17(23)19-13)15(12(10)3)14-6-4-5-7-21(14)9-11(2)22/h8,14H,4-7,9H2,1-3H3,(H,19,23)(H,20,24). The van der Waals surface area contributed by atoms with Crippen LogP contribution in [0.4, 0.5) is 0 Å². The van der Waals surface area contributed by atoms with Gasteiger partial charge in [0.05, 0.1) is 17.6 Å². The zero-order chi connectivity index (χ0) is 17.4. The number of benzene rings is 1. The molecule has 6 heteroatoms. The normalized spacial score (nSPS) is 18.9. The lowest BCUT2D eigenvalue weighted by atomic mass is 9.89. The van der Waals surface area contributed by atoms with Crippen molar-refractivity contribution in [1.29, 1.82) is 0 Å². The number of piperidine rings is 1. The molecule has 1 unspecified atom stereocenters. The Balaban J connectivity index is 2.24. The quantitative estimate of drug-likeness (QED) is 0.843. The third-order valence-corrected chi connectivity index (χ3v) is 4.96. The van der Waals surface area contributed by atoms with Crippen LogP contribution in [-0.2, 0) is 4.79 Å². The van der Waals surface area contributed by atoms with Crippen molar-refractivity contribution in [2.75, 3.05) is 13.1 Å². The number of carbonyl (C=O) groups excluding carboxylic acids is 1. The molecule has 0 spiro atoms. The first-order chi connectivity index (χ1) is 11.4. The molecular weight excluding hydrogens is 306 g/mol.